The normalized spacial score (nSPS) is 10.7. The number of pyridine rings is 1. The molecule has 4 aromatic rings. The van der Waals surface area contributed by atoms with Crippen molar-refractivity contribution in [3.8, 4) is 5.75 Å². The number of hydrogen-bond acceptors (Lipinski definition) is 5. The minimum absolute atomic E-state index is 0.0472. The Morgan fingerprint density at radius 3 is 2.60 bits per heavy atom. The van der Waals surface area contributed by atoms with E-state index >= 15 is 0 Å². The maximum absolute atomic E-state index is 13.4. The molecule has 0 unspecified atom stereocenters. The Kier molecular flexibility index (Phi) is 5.63. The summed E-state index contributed by atoms with van der Waals surface area (Å²) in [6, 6.07) is 19.0. The zero-order valence-electron chi connectivity index (χ0n) is 16.0. The molecule has 6 nitrogen and oxygen atoms in total. The van der Waals surface area contributed by atoms with Crippen molar-refractivity contribution in [1.29, 1.82) is 0 Å². The van der Waals surface area contributed by atoms with E-state index in [0.717, 1.165) is 15.8 Å². The average molecular weight is 465 g/mol. The standard InChI is InChI=1S/C23H17BrN2O4/c1-29-17-8-5-15(6-9-17)14-26(22-4-2-3-11-25-22)23(28)21-13-19(27)18-12-16(24)7-10-20(18)30-21/h2-13H,14H2,1H3. The summed E-state index contributed by atoms with van der Waals surface area (Å²) in [4.78, 5) is 31.7. The van der Waals surface area contributed by atoms with Gasteiger partial charge in [0.15, 0.2) is 11.2 Å². The highest BCUT2D eigenvalue weighted by atomic mass is 79.9. The van der Waals surface area contributed by atoms with Crippen LogP contribution in [0, 0.1) is 0 Å². The van der Waals surface area contributed by atoms with Crippen molar-refractivity contribution in [3.05, 3.63) is 98.9 Å². The SMILES string of the molecule is COc1ccc(CN(C(=O)c2cc(=O)c3cc(Br)ccc3o2)c2ccccn2)cc1. The molecule has 0 aliphatic carbocycles. The monoisotopic (exact) mass is 464 g/mol. The molecule has 0 saturated carbocycles. The lowest BCUT2D eigenvalue weighted by Crippen LogP contribution is -2.31. The van der Waals surface area contributed by atoms with Gasteiger partial charge in [0.25, 0.3) is 5.91 Å². The Hall–Kier alpha value is -3.45. The fourth-order valence-electron chi connectivity index (χ4n) is 3.05. The average Bonchev–Trinajstić information content (AvgIpc) is 2.78. The molecule has 2 aromatic heterocycles. The lowest BCUT2D eigenvalue weighted by Gasteiger charge is -2.21. The van der Waals surface area contributed by atoms with Crippen molar-refractivity contribution in [2.45, 2.75) is 6.54 Å². The van der Waals surface area contributed by atoms with Crippen molar-refractivity contribution in [1.82, 2.24) is 4.98 Å². The van der Waals surface area contributed by atoms with E-state index in [1.165, 1.54) is 11.0 Å². The van der Waals surface area contributed by atoms with Crippen molar-refractivity contribution >= 4 is 38.6 Å². The van der Waals surface area contributed by atoms with E-state index in [-0.39, 0.29) is 17.7 Å². The van der Waals surface area contributed by atoms with Crippen LogP contribution in [0.2, 0.25) is 0 Å². The summed E-state index contributed by atoms with van der Waals surface area (Å²) in [5.74, 6) is 0.679. The van der Waals surface area contributed by atoms with Gasteiger partial charge in [-0.2, -0.15) is 0 Å². The highest BCUT2D eigenvalue weighted by molar-refractivity contribution is 9.10. The lowest BCUT2D eigenvalue weighted by molar-refractivity contribution is 0.0958. The van der Waals surface area contributed by atoms with Gasteiger partial charge in [-0.05, 0) is 48.0 Å². The maximum atomic E-state index is 13.4. The van der Waals surface area contributed by atoms with Crippen LogP contribution in [0.15, 0.2) is 86.6 Å². The van der Waals surface area contributed by atoms with E-state index in [4.69, 9.17) is 9.15 Å². The Morgan fingerprint density at radius 1 is 1.10 bits per heavy atom. The van der Waals surface area contributed by atoms with Gasteiger partial charge in [0, 0.05) is 16.7 Å². The fraction of sp³-hybridized carbons (Fsp3) is 0.0870. The zero-order chi connectivity index (χ0) is 21.1. The van der Waals surface area contributed by atoms with Crippen molar-refractivity contribution in [2.24, 2.45) is 0 Å². The molecule has 0 spiro atoms. The molecule has 0 aliphatic heterocycles. The van der Waals surface area contributed by atoms with Crippen LogP contribution < -0.4 is 15.1 Å². The summed E-state index contributed by atoms with van der Waals surface area (Å²) >= 11 is 3.34. The topological polar surface area (TPSA) is 72.6 Å². The van der Waals surface area contributed by atoms with Gasteiger partial charge in [-0.3, -0.25) is 14.5 Å². The van der Waals surface area contributed by atoms with E-state index in [1.54, 1.807) is 49.7 Å². The molecule has 0 bridgehead atoms. The van der Waals surface area contributed by atoms with Gasteiger partial charge in [-0.1, -0.05) is 34.1 Å². The number of carbonyl (C=O) groups is 1. The number of aromatic nitrogens is 1. The van der Waals surface area contributed by atoms with Crippen molar-refractivity contribution in [2.75, 3.05) is 12.0 Å². The summed E-state index contributed by atoms with van der Waals surface area (Å²) in [5, 5.41) is 0.403. The molecule has 0 aliphatic rings. The molecule has 0 saturated heterocycles. The van der Waals surface area contributed by atoms with Gasteiger partial charge in [-0.15, -0.1) is 0 Å². The van der Waals surface area contributed by atoms with Gasteiger partial charge in [0.2, 0.25) is 0 Å². The number of nitrogens with zero attached hydrogens (tertiary/aromatic N) is 2. The van der Waals surface area contributed by atoms with Gasteiger partial charge in [0.1, 0.15) is 17.2 Å². The number of carbonyl (C=O) groups excluding carboxylic acids is 1. The molecule has 0 atom stereocenters. The highest BCUT2D eigenvalue weighted by Crippen LogP contribution is 2.22. The number of methoxy groups -OCH3 is 1. The van der Waals surface area contributed by atoms with Crippen LogP contribution in [0.5, 0.6) is 5.75 Å². The molecule has 150 valence electrons. The Labute approximate surface area is 180 Å². The number of anilines is 1. The first-order valence-electron chi connectivity index (χ1n) is 9.14. The van der Waals surface area contributed by atoms with Gasteiger partial charge in [-0.25, -0.2) is 4.98 Å². The number of amides is 1. The number of rotatable bonds is 5. The first-order chi connectivity index (χ1) is 14.5. The van der Waals surface area contributed by atoms with E-state index in [1.807, 2.05) is 24.3 Å². The maximum Gasteiger partial charge on any atom is 0.295 e. The molecule has 7 heteroatoms. The van der Waals surface area contributed by atoms with Crippen LogP contribution in [-0.4, -0.2) is 18.0 Å². The second-order valence-electron chi connectivity index (χ2n) is 6.54. The quantitative estimate of drug-likeness (QED) is 0.423. The van der Waals surface area contributed by atoms with Crippen molar-refractivity contribution in [3.63, 3.8) is 0 Å². The molecule has 4 rings (SSSR count). The van der Waals surface area contributed by atoms with Crippen LogP contribution >= 0.6 is 15.9 Å². The number of benzene rings is 2. The third-order valence-corrected chi connectivity index (χ3v) is 5.06. The number of ether oxygens (including phenoxy) is 1. The number of halogens is 1. The Morgan fingerprint density at radius 2 is 1.90 bits per heavy atom. The third kappa shape index (κ3) is 4.11. The zero-order valence-corrected chi connectivity index (χ0v) is 17.6. The highest BCUT2D eigenvalue weighted by Gasteiger charge is 2.23. The minimum atomic E-state index is -0.452. The predicted molar refractivity (Wildman–Crippen MR) is 118 cm³/mol. The molecule has 2 heterocycles. The Balaban J connectivity index is 1.74. The van der Waals surface area contributed by atoms with Crippen LogP contribution in [0.25, 0.3) is 11.0 Å². The molecule has 0 N–H and O–H groups in total. The smallest absolute Gasteiger partial charge is 0.295 e. The molecule has 0 fully saturated rings. The van der Waals surface area contributed by atoms with Crippen LogP contribution in [-0.2, 0) is 6.54 Å². The first-order valence-corrected chi connectivity index (χ1v) is 9.94. The second-order valence-corrected chi connectivity index (χ2v) is 7.46. The van der Waals surface area contributed by atoms with Gasteiger partial charge < -0.3 is 9.15 Å². The molecular formula is C23H17BrN2O4. The summed E-state index contributed by atoms with van der Waals surface area (Å²) in [6.07, 6.45) is 1.61. The van der Waals surface area contributed by atoms with Crippen molar-refractivity contribution < 1.29 is 13.9 Å². The molecule has 30 heavy (non-hydrogen) atoms. The van der Waals surface area contributed by atoms with E-state index in [2.05, 4.69) is 20.9 Å². The fourth-order valence-corrected chi connectivity index (χ4v) is 3.41. The van der Waals surface area contributed by atoms with E-state index in [0.29, 0.717) is 16.8 Å². The van der Waals surface area contributed by atoms with Gasteiger partial charge >= 0.3 is 0 Å². The minimum Gasteiger partial charge on any atom is -0.497 e. The van der Waals surface area contributed by atoms with Crippen LogP contribution in [0.4, 0.5) is 5.82 Å². The summed E-state index contributed by atoms with van der Waals surface area (Å²) < 4.78 is 11.7. The molecule has 1 amide bonds. The van der Waals surface area contributed by atoms with Crippen LogP contribution in [0.3, 0.4) is 0 Å². The predicted octanol–water partition coefficient (Wildman–Crippen LogP) is 4.81. The second kappa shape index (κ2) is 8.51. The number of fused-ring (bicyclic) bond motifs is 1. The van der Waals surface area contributed by atoms with Crippen LogP contribution in [0.1, 0.15) is 16.1 Å². The molecule has 2 aromatic carbocycles. The molecule has 0 radical (unpaired) electrons. The van der Waals surface area contributed by atoms with E-state index < -0.39 is 5.91 Å². The summed E-state index contributed by atoms with van der Waals surface area (Å²) in [5.41, 5.74) is 0.938. The lowest BCUT2D eigenvalue weighted by atomic mass is 10.2. The third-order valence-electron chi connectivity index (χ3n) is 4.57. The summed E-state index contributed by atoms with van der Waals surface area (Å²) in [7, 11) is 1.60. The van der Waals surface area contributed by atoms with Gasteiger partial charge in [0.05, 0.1) is 19.0 Å². The number of hydrogen-bond donors (Lipinski definition) is 0. The Bertz CT molecular complexity index is 1250. The summed E-state index contributed by atoms with van der Waals surface area (Å²) in [6.45, 7) is 0.252. The first kappa shape index (κ1) is 19.8. The van der Waals surface area contributed by atoms with E-state index in [9.17, 15) is 9.59 Å². The molecular weight excluding hydrogens is 448 g/mol. The largest absolute Gasteiger partial charge is 0.497 e.